The highest BCUT2D eigenvalue weighted by atomic mass is 19.4. The number of halogens is 6. The minimum absolute atomic E-state index is 0.0727. The fourth-order valence-electron chi connectivity index (χ4n) is 3.15. The molecule has 0 saturated carbocycles. The topological polar surface area (TPSA) is 0 Å². The summed E-state index contributed by atoms with van der Waals surface area (Å²) in [6, 6.07) is 13.5. The van der Waals surface area contributed by atoms with E-state index >= 15 is 0 Å². The van der Waals surface area contributed by atoms with Gasteiger partial charge >= 0.3 is 6.18 Å². The van der Waals surface area contributed by atoms with Gasteiger partial charge in [0.2, 0.25) is 0 Å². The van der Waals surface area contributed by atoms with Crippen molar-refractivity contribution in [2.24, 2.45) is 0 Å². The third kappa shape index (κ3) is 5.69. The van der Waals surface area contributed by atoms with Crippen LogP contribution in [0.1, 0.15) is 30.9 Å². The van der Waals surface area contributed by atoms with Crippen molar-refractivity contribution in [1.82, 2.24) is 0 Å². The number of hydrogen-bond acceptors (Lipinski definition) is 0. The molecule has 0 heterocycles. The Bertz CT molecular complexity index is 1110. The lowest BCUT2D eigenvalue weighted by molar-refractivity contribution is -0.0696. The molecule has 0 bridgehead atoms. The molecule has 0 aromatic heterocycles. The molecular formula is C25H18F6. The molecule has 31 heavy (non-hydrogen) atoms. The van der Waals surface area contributed by atoms with Crippen molar-refractivity contribution in [2.45, 2.75) is 32.4 Å². The summed E-state index contributed by atoms with van der Waals surface area (Å²) in [5.41, 5.74) is 1.35. The third-order valence-electron chi connectivity index (χ3n) is 4.76. The van der Waals surface area contributed by atoms with Gasteiger partial charge in [0.15, 0.2) is 0 Å². The van der Waals surface area contributed by atoms with Gasteiger partial charge < -0.3 is 0 Å². The monoisotopic (exact) mass is 432 g/mol. The minimum atomic E-state index is -4.88. The minimum Gasteiger partial charge on any atom is -0.206 e. The first-order valence-electron chi connectivity index (χ1n) is 9.66. The number of aryl methyl sites for hydroxylation is 1. The van der Waals surface area contributed by atoms with Crippen LogP contribution in [0.4, 0.5) is 26.3 Å². The molecule has 3 aromatic rings. The number of alkyl halides is 3. The molecule has 0 atom stereocenters. The Labute approximate surface area is 176 Å². The smallest absolute Gasteiger partial charge is 0.206 e. The lowest BCUT2D eigenvalue weighted by Gasteiger charge is -2.09. The van der Waals surface area contributed by atoms with E-state index in [2.05, 4.69) is 6.92 Å². The van der Waals surface area contributed by atoms with Crippen molar-refractivity contribution in [3.63, 3.8) is 0 Å². The molecule has 6 heteroatoms. The summed E-state index contributed by atoms with van der Waals surface area (Å²) in [7, 11) is 0. The number of unbranched alkanes of at least 4 members (excludes halogenated alkanes) is 1. The van der Waals surface area contributed by atoms with E-state index in [0.717, 1.165) is 42.9 Å². The molecule has 0 unspecified atom stereocenters. The lowest BCUT2D eigenvalue weighted by Crippen LogP contribution is -2.02. The van der Waals surface area contributed by atoms with Gasteiger partial charge in [-0.05, 0) is 53.3 Å². The van der Waals surface area contributed by atoms with Crippen molar-refractivity contribution in [2.75, 3.05) is 0 Å². The molecule has 3 aromatic carbocycles. The molecule has 0 radical (unpaired) electrons. The maximum Gasteiger partial charge on any atom is 0.458 e. The second kappa shape index (κ2) is 9.30. The second-order valence-electron chi connectivity index (χ2n) is 7.06. The Kier molecular flexibility index (Phi) is 6.74. The van der Waals surface area contributed by atoms with E-state index in [1.54, 1.807) is 6.07 Å². The van der Waals surface area contributed by atoms with Gasteiger partial charge in [-0.1, -0.05) is 55.7 Å². The molecule has 0 aliphatic rings. The van der Waals surface area contributed by atoms with Crippen LogP contribution in [0, 0.1) is 29.3 Å². The van der Waals surface area contributed by atoms with Gasteiger partial charge in [0, 0.05) is 11.5 Å². The summed E-state index contributed by atoms with van der Waals surface area (Å²) in [6.07, 6.45) is -1.75. The fraction of sp³-hybridized carbons (Fsp3) is 0.200. The van der Waals surface area contributed by atoms with Crippen LogP contribution in [0.3, 0.4) is 0 Å². The summed E-state index contributed by atoms with van der Waals surface area (Å²) >= 11 is 0. The first-order valence-corrected chi connectivity index (χ1v) is 9.66. The van der Waals surface area contributed by atoms with Gasteiger partial charge in [0.25, 0.3) is 0 Å². The van der Waals surface area contributed by atoms with Gasteiger partial charge in [0.05, 0.1) is 5.56 Å². The van der Waals surface area contributed by atoms with Crippen LogP contribution in [0.2, 0.25) is 0 Å². The molecular weight excluding hydrogens is 414 g/mol. The van der Waals surface area contributed by atoms with Crippen molar-refractivity contribution in [1.29, 1.82) is 0 Å². The van der Waals surface area contributed by atoms with E-state index in [1.807, 2.05) is 24.3 Å². The summed E-state index contributed by atoms with van der Waals surface area (Å²) in [5.74, 6) is -1.02. The van der Waals surface area contributed by atoms with Crippen LogP contribution in [0.25, 0.3) is 22.3 Å². The summed E-state index contributed by atoms with van der Waals surface area (Å²) < 4.78 is 79.6. The first kappa shape index (κ1) is 22.5. The Morgan fingerprint density at radius 2 is 1.32 bits per heavy atom. The normalized spacial score (nSPS) is 11.2. The summed E-state index contributed by atoms with van der Waals surface area (Å²) in [4.78, 5) is 0. The van der Waals surface area contributed by atoms with Crippen molar-refractivity contribution in [3.05, 3.63) is 83.2 Å². The first-order chi connectivity index (χ1) is 14.7. The zero-order chi connectivity index (χ0) is 22.6. The molecule has 0 amide bonds. The van der Waals surface area contributed by atoms with Gasteiger partial charge in [-0.3, -0.25) is 0 Å². The predicted octanol–water partition coefficient (Wildman–Crippen LogP) is 7.69. The maximum atomic E-state index is 14.7. The molecule has 0 spiro atoms. The number of benzene rings is 3. The van der Waals surface area contributed by atoms with Gasteiger partial charge in [-0.25, -0.2) is 13.2 Å². The third-order valence-corrected chi connectivity index (χ3v) is 4.76. The fourth-order valence-corrected chi connectivity index (χ4v) is 3.15. The highest BCUT2D eigenvalue weighted by Crippen LogP contribution is 2.30. The summed E-state index contributed by atoms with van der Waals surface area (Å²) in [6.45, 7) is 2.11. The molecule has 3 rings (SSSR count). The average molecular weight is 432 g/mol. The maximum absolute atomic E-state index is 14.7. The van der Waals surface area contributed by atoms with E-state index in [9.17, 15) is 26.3 Å². The van der Waals surface area contributed by atoms with Crippen LogP contribution >= 0.6 is 0 Å². The van der Waals surface area contributed by atoms with E-state index in [4.69, 9.17) is 0 Å². The van der Waals surface area contributed by atoms with Gasteiger partial charge in [0.1, 0.15) is 17.5 Å². The van der Waals surface area contributed by atoms with Crippen molar-refractivity contribution >= 4 is 0 Å². The Morgan fingerprint density at radius 1 is 0.742 bits per heavy atom. The van der Waals surface area contributed by atoms with Gasteiger partial charge in [-0.15, -0.1) is 0 Å². The highest BCUT2D eigenvalue weighted by molar-refractivity contribution is 5.71. The van der Waals surface area contributed by atoms with E-state index in [1.165, 1.54) is 23.6 Å². The molecule has 0 aliphatic heterocycles. The quantitative estimate of drug-likeness (QED) is 0.286. The SMILES string of the molecule is CCCCc1ccc(-c2ccc(-c3cc(F)c(C#CC(F)(F)F)c(F)c3)c(F)c2)cc1. The van der Waals surface area contributed by atoms with Crippen LogP contribution in [0.15, 0.2) is 54.6 Å². The lowest BCUT2D eigenvalue weighted by atomic mass is 9.97. The van der Waals surface area contributed by atoms with E-state index in [0.29, 0.717) is 5.56 Å². The molecule has 0 nitrogen and oxygen atoms in total. The second-order valence-corrected chi connectivity index (χ2v) is 7.06. The molecule has 160 valence electrons. The van der Waals surface area contributed by atoms with Crippen LogP contribution in [-0.2, 0) is 6.42 Å². The van der Waals surface area contributed by atoms with E-state index < -0.39 is 29.2 Å². The Balaban J connectivity index is 1.90. The predicted molar refractivity (Wildman–Crippen MR) is 109 cm³/mol. The van der Waals surface area contributed by atoms with Crippen LogP contribution in [0.5, 0.6) is 0 Å². The number of hydrogen-bond donors (Lipinski definition) is 0. The molecule has 0 fully saturated rings. The zero-order valence-electron chi connectivity index (χ0n) is 16.6. The van der Waals surface area contributed by atoms with Crippen LogP contribution in [-0.4, -0.2) is 6.18 Å². The molecule has 0 N–H and O–H groups in total. The zero-order valence-corrected chi connectivity index (χ0v) is 16.6. The largest absolute Gasteiger partial charge is 0.458 e. The Morgan fingerprint density at radius 3 is 1.87 bits per heavy atom. The van der Waals surface area contributed by atoms with Crippen LogP contribution < -0.4 is 0 Å². The summed E-state index contributed by atoms with van der Waals surface area (Å²) in [5, 5.41) is 0. The highest BCUT2D eigenvalue weighted by Gasteiger charge is 2.23. The van der Waals surface area contributed by atoms with E-state index in [-0.39, 0.29) is 11.1 Å². The average Bonchev–Trinajstić information content (AvgIpc) is 2.71. The molecule has 0 aliphatic carbocycles. The standard InChI is InChI=1S/C25H18F6/c1-2-3-4-16-5-7-17(8-6-16)18-9-10-20(22(26)13-18)19-14-23(27)21(24(28)15-19)11-12-25(29,30)31/h5-10,13-15H,2-4H2,1H3. The van der Waals surface area contributed by atoms with Crippen molar-refractivity contribution in [3.8, 4) is 34.1 Å². The Hall–Kier alpha value is -3.20. The van der Waals surface area contributed by atoms with Crippen molar-refractivity contribution < 1.29 is 26.3 Å². The number of rotatable bonds is 5. The molecule has 0 saturated heterocycles. The van der Waals surface area contributed by atoms with Gasteiger partial charge in [-0.2, -0.15) is 13.2 Å².